The number of carbonyl (C=O) groups excluding carboxylic acids is 1. The molecule has 2 rings (SSSR count). The molecule has 0 saturated heterocycles. The van der Waals surface area contributed by atoms with Gasteiger partial charge in [0.05, 0.1) is 14.2 Å². The molecular weight excluding hydrogens is 290 g/mol. The lowest BCUT2D eigenvalue weighted by Crippen LogP contribution is -2.24. The molecule has 4 nitrogen and oxygen atoms in total. The fourth-order valence-electron chi connectivity index (χ4n) is 2.46. The first-order chi connectivity index (χ1) is 11.1. The Labute approximate surface area is 137 Å². The first kappa shape index (κ1) is 16.9. The number of hydrogen-bond donors (Lipinski definition) is 1. The van der Waals surface area contributed by atoms with Crippen molar-refractivity contribution in [2.24, 2.45) is 0 Å². The highest BCUT2D eigenvalue weighted by atomic mass is 16.5. The van der Waals surface area contributed by atoms with Crippen molar-refractivity contribution < 1.29 is 14.3 Å². The molecule has 0 saturated carbocycles. The van der Waals surface area contributed by atoms with Crippen molar-refractivity contribution in [2.45, 2.75) is 25.8 Å². The van der Waals surface area contributed by atoms with Crippen LogP contribution in [-0.4, -0.2) is 20.1 Å². The van der Waals surface area contributed by atoms with Gasteiger partial charge >= 0.3 is 0 Å². The Kier molecular flexibility index (Phi) is 6.03. The number of amides is 1. The highest BCUT2D eigenvalue weighted by Crippen LogP contribution is 2.24. The average Bonchev–Trinajstić information content (AvgIpc) is 2.60. The van der Waals surface area contributed by atoms with E-state index in [4.69, 9.17) is 9.47 Å². The fraction of sp³-hybridized carbons (Fsp3) is 0.316. The number of benzene rings is 2. The molecule has 0 aliphatic rings. The zero-order valence-electron chi connectivity index (χ0n) is 13.8. The van der Waals surface area contributed by atoms with Gasteiger partial charge in [0.2, 0.25) is 5.91 Å². The SMILES string of the molecule is COc1ccc(OC)c(CNC(=O)CC(C)c2ccccc2)c1. The molecule has 0 aromatic heterocycles. The summed E-state index contributed by atoms with van der Waals surface area (Å²) in [6.07, 6.45) is 0.455. The van der Waals surface area contributed by atoms with Gasteiger partial charge in [0.25, 0.3) is 0 Å². The lowest BCUT2D eigenvalue weighted by atomic mass is 9.97. The molecule has 0 heterocycles. The number of rotatable bonds is 7. The first-order valence-electron chi connectivity index (χ1n) is 7.66. The maximum atomic E-state index is 12.2. The van der Waals surface area contributed by atoms with Crippen molar-refractivity contribution in [3.05, 3.63) is 59.7 Å². The van der Waals surface area contributed by atoms with Crippen molar-refractivity contribution in [1.29, 1.82) is 0 Å². The van der Waals surface area contributed by atoms with Gasteiger partial charge in [0.1, 0.15) is 11.5 Å². The molecule has 2 aromatic carbocycles. The minimum absolute atomic E-state index is 0.0197. The Morgan fingerprint density at radius 3 is 2.48 bits per heavy atom. The number of carbonyl (C=O) groups is 1. The van der Waals surface area contributed by atoms with Gasteiger partial charge in [-0.15, -0.1) is 0 Å². The first-order valence-corrected chi connectivity index (χ1v) is 7.66. The van der Waals surface area contributed by atoms with E-state index in [0.29, 0.717) is 13.0 Å². The summed E-state index contributed by atoms with van der Waals surface area (Å²) in [5, 5.41) is 2.95. The summed E-state index contributed by atoms with van der Waals surface area (Å²) in [7, 11) is 3.23. The van der Waals surface area contributed by atoms with E-state index in [1.54, 1.807) is 14.2 Å². The summed E-state index contributed by atoms with van der Waals surface area (Å²) in [6.45, 7) is 2.47. The van der Waals surface area contributed by atoms with E-state index in [0.717, 1.165) is 17.1 Å². The van der Waals surface area contributed by atoms with Crippen LogP contribution in [0.5, 0.6) is 11.5 Å². The van der Waals surface area contributed by atoms with Gasteiger partial charge < -0.3 is 14.8 Å². The van der Waals surface area contributed by atoms with E-state index in [1.807, 2.05) is 48.5 Å². The van der Waals surface area contributed by atoms with Crippen LogP contribution in [0, 0.1) is 0 Å². The van der Waals surface area contributed by atoms with Crippen LogP contribution in [0.4, 0.5) is 0 Å². The van der Waals surface area contributed by atoms with E-state index in [1.165, 1.54) is 5.56 Å². The molecule has 1 atom stereocenters. The quantitative estimate of drug-likeness (QED) is 0.851. The minimum Gasteiger partial charge on any atom is -0.497 e. The number of ether oxygens (including phenoxy) is 2. The van der Waals surface area contributed by atoms with Gasteiger partial charge in [-0.05, 0) is 29.7 Å². The third kappa shape index (κ3) is 4.74. The second-order valence-electron chi connectivity index (χ2n) is 5.47. The molecule has 122 valence electrons. The summed E-state index contributed by atoms with van der Waals surface area (Å²) in [5.74, 6) is 1.68. The van der Waals surface area contributed by atoms with Gasteiger partial charge in [-0.1, -0.05) is 37.3 Å². The van der Waals surface area contributed by atoms with Gasteiger partial charge in [-0.2, -0.15) is 0 Å². The lowest BCUT2D eigenvalue weighted by Gasteiger charge is -2.14. The van der Waals surface area contributed by atoms with Gasteiger partial charge in [-0.25, -0.2) is 0 Å². The van der Waals surface area contributed by atoms with Crippen molar-refractivity contribution in [2.75, 3.05) is 14.2 Å². The van der Waals surface area contributed by atoms with Crippen LogP contribution < -0.4 is 14.8 Å². The molecule has 4 heteroatoms. The summed E-state index contributed by atoms with van der Waals surface area (Å²) < 4.78 is 10.5. The highest BCUT2D eigenvalue weighted by molar-refractivity contribution is 5.76. The van der Waals surface area contributed by atoms with Gasteiger partial charge in [-0.3, -0.25) is 4.79 Å². The normalized spacial score (nSPS) is 11.6. The second kappa shape index (κ2) is 8.22. The van der Waals surface area contributed by atoms with Crippen molar-refractivity contribution in [1.82, 2.24) is 5.32 Å². The Hall–Kier alpha value is -2.49. The van der Waals surface area contributed by atoms with Crippen LogP contribution in [-0.2, 0) is 11.3 Å². The predicted octanol–water partition coefficient (Wildman–Crippen LogP) is 3.51. The van der Waals surface area contributed by atoms with Gasteiger partial charge in [0, 0.05) is 18.5 Å². The van der Waals surface area contributed by atoms with E-state index >= 15 is 0 Å². The predicted molar refractivity (Wildman–Crippen MR) is 90.9 cm³/mol. The van der Waals surface area contributed by atoms with E-state index < -0.39 is 0 Å². The zero-order valence-corrected chi connectivity index (χ0v) is 13.8. The molecule has 1 unspecified atom stereocenters. The zero-order chi connectivity index (χ0) is 16.7. The Morgan fingerprint density at radius 2 is 1.83 bits per heavy atom. The topological polar surface area (TPSA) is 47.6 Å². The molecule has 0 aliphatic heterocycles. The third-order valence-electron chi connectivity index (χ3n) is 3.82. The standard InChI is InChI=1S/C19H23NO3/c1-14(15-7-5-4-6-8-15)11-19(21)20-13-16-12-17(22-2)9-10-18(16)23-3/h4-10,12,14H,11,13H2,1-3H3,(H,20,21). The van der Waals surface area contributed by atoms with Crippen LogP contribution >= 0.6 is 0 Å². The molecule has 1 N–H and O–H groups in total. The molecular formula is C19H23NO3. The van der Waals surface area contributed by atoms with Crippen molar-refractivity contribution >= 4 is 5.91 Å². The fourth-order valence-corrected chi connectivity index (χ4v) is 2.46. The minimum atomic E-state index is 0.0197. The monoisotopic (exact) mass is 313 g/mol. The maximum Gasteiger partial charge on any atom is 0.220 e. The Bertz CT molecular complexity index is 640. The second-order valence-corrected chi connectivity index (χ2v) is 5.47. The number of nitrogens with one attached hydrogen (secondary N) is 1. The van der Waals surface area contributed by atoms with Crippen LogP contribution in [0.15, 0.2) is 48.5 Å². The summed E-state index contributed by atoms with van der Waals surface area (Å²) in [5.41, 5.74) is 2.06. The molecule has 23 heavy (non-hydrogen) atoms. The number of hydrogen-bond acceptors (Lipinski definition) is 3. The highest BCUT2D eigenvalue weighted by Gasteiger charge is 2.12. The average molecular weight is 313 g/mol. The van der Waals surface area contributed by atoms with Crippen molar-refractivity contribution in [3.8, 4) is 11.5 Å². The van der Waals surface area contributed by atoms with Gasteiger partial charge in [0.15, 0.2) is 0 Å². The molecule has 2 aromatic rings. The largest absolute Gasteiger partial charge is 0.497 e. The van der Waals surface area contributed by atoms with Crippen LogP contribution in [0.3, 0.4) is 0 Å². The maximum absolute atomic E-state index is 12.2. The third-order valence-corrected chi connectivity index (χ3v) is 3.82. The summed E-state index contributed by atoms with van der Waals surface area (Å²) in [6, 6.07) is 15.6. The van der Waals surface area contributed by atoms with E-state index in [-0.39, 0.29) is 11.8 Å². The smallest absolute Gasteiger partial charge is 0.220 e. The summed E-state index contributed by atoms with van der Waals surface area (Å²) >= 11 is 0. The molecule has 0 bridgehead atoms. The Morgan fingerprint density at radius 1 is 1.09 bits per heavy atom. The molecule has 1 amide bonds. The van der Waals surface area contributed by atoms with Crippen LogP contribution in [0.2, 0.25) is 0 Å². The molecule has 0 spiro atoms. The molecule has 0 radical (unpaired) electrons. The molecule has 0 fully saturated rings. The lowest BCUT2D eigenvalue weighted by molar-refractivity contribution is -0.121. The summed E-state index contributed by atoms with van der Waals surface area (Å²) in [4.78, 5) is 12.2. The van der Waals surface area contributed by atoms with E-state index in [2.05, 4.69) is 12.2 Å². The van der Waals surface area contributed by atoms with Crippen molar-refractivity contribution in [3.63, 3.8) is 0 Å². The van der Waals surface area contributed by atoms with Crippen LogP contribution in [0.1, 0.15) is 30.4 Å². The Balaban J connectivity index is 1.94. The van der Waals surface area contributed by atoms with E-state index in [9.17, 15) is 4.79 Å². The van der Waals surface area contributed by atoms with Crippen LogP contribution in [0.25, 0.3) is 0 Å². The molecule has 0 aliphatic carbocycles. The number of methoxy groups -OCH3 is 2.